The highest BCUT2D eigenvalue weighted by Crippen LogP contribution is 2.29. The van der Waals surface area contributed by atoms with Crippen LogP contribution in [-0.4, -0.2) is 60.5 Å². The average Bonchev–Trinajstić information content (AvgIpc) is 3.15. The first kappa shape index (κ1) is 17.7. The summed E-state index contributed by atoms with van der Waals surface area (Å²) in [5.74, 6) is 0.696. The number of nitrogens with zero attached hydrogens (tertiary/aromatic N) is 2. The lowest BCUT2D eigenvalue weighted by Crippen LogP contribution is -2.41. The monoisotopic (exact) mass is 336 g/mol. The minimum atomic E-state index is -0.136. The summed E-state index contributed by atoms with van der Waals surface area (Å²) in [6.07, 6.45) is 8.69. The van der Waals surface area contributed by atoms with Gasteiger partial charge in [-0.3, -0.25) is 9.59 Å². The van der Waals surface area contributed by atoms with E-state index in [-0.39, 0.29) is 17.7 Å². The van der Waals surface area contributed by atoms with Crippen LogP contribution in [0.3, 0.4) is 0 Å². The maximum atomic E-state index is 12.9. The van der Waals surface area contributed by atoms with Gasteiger partial charge in [-0.05, 0) is 26.2 Å². The van der Waals surface area contributed by atoms with E-state index in [1.54, 1.807) is 0 Å². The average molecular weight is 336 g/mol. The fraction of sp³-hybridized carbons (Fsp3) is 0.895. The normalized spacial score (nSPS) is 29.0. The van der Waals surface area contributed by atoms with E-state index in [0.717, 1.165) is 45.6 Å². The molecule has 3 rings (SSSR count). The molecule has 2 saturated heterocycles. The van der Waals surface area contributed by atoms with Gasteiger partial charge in [-0.25, -0.2) is 0 Å². The van der Waals surface area contributed by atoms with Gasteiger partial charge in [0.05, 0.1) is 12.5 Å². The highest BCUT2D eigenvalue weighted by molar-refractivity contribution is 5.89. The van der Waals surface area contributed by atoms with Crippen LogP contribution >= 0.6 is 0 Å². The molecule has 2 aliphatic heterocycles. The minimum Gasteiger partial charge on any atom is -0.381 e. The van der Waals surface area contributed by atoms with E-state index in [1.165, 1.54) is 25.7 Å². The van der Waals surface area contributed by atoms with Crippen molar-refractivity contribution in [3.63, 3.8) is 0 Å². The van der Waals surface area contributed by atoms with E-state index in [0.29, 0.717) is 24.9 Å². The van der Waals surface area contributed by atoms with Gasteiger partial charge in [0.1, 0.15) is 0 Å². The van der Waals surface area contributed by atoms with Crippen LogP contribution in [0.15, 0.2) is 0 Å². The van der Waals surface area contributed by atoms with Crippen molar-refractivity contribution in [2.45, 2.75) is 64.3 Å². The number of carbonyl (C=O) groups is 2. The van der Waals surface area contributed by atoms with E-state index in [9.17, 15) is 9.59 Å². The third-order valence-corrected chi connectivity index (χ3v) is 5.97. The Morgan fingerprint density at radius 1 is 1.21 bits per heavy atom. The molecule has 3 aliphatic rings. The van der Waals surface area contributed by atoms with Crippen LogP contribution in [0.1, 0.15) is 58.3 Å². The van der Waals surface area contributed by atoms with Gasteiger partial charge < -0.3 is 14.5 Å². The van der Waals surface area contributed by atoms with Crippen LogP contribution in [0.25, 0.3) is 0 Å². The Balaban J connectivity index is 1.57. The second-order valence-corrected chi connectivity index (χ2v) is 7.70. The molecule has 0 aromatic carbocycles. The summed E-state index contributed by atoms with van der Waals surface area (Å²) in [4.78, 5) is 29.4. The third-order valence-electron chi connectivity index (χ3n) is 5.97. The van der Waals surface area contributed by atoms with E-state index in [2.05, 4.69) is 0 Å². The Morgan fingerprint density at radius 3 is 2.58 bits per heavy atom. The highest BCUT2D eigenvalue weighted by atomic mass is 16.5. The van der Waals surface area contributed by atoms with Crippen LogP contribution in [0.5, 0.6) is 0 Å². The fourth-order valence-electron chi connectivity index (χ4n) is 4.49. The van der Waals surface area contributed by atoms with Crippen molar-refractivity contribution in [3.05, 3.63) is 0 Å². The van der Waals surface area contributed by atoms with Gasteiger partial charge in [-0.15, -0.1) is 0 Å². The van der Waals surface area contributed by atoms with E-state index in [1.807, 2.05) is 16.7 Å². The second kappa shape index (κ2) is 8.32. The predicted octanol–water partition coefficient (Wildman–Crippen LogP) is 2.44. The number of likely N-dealkylation sites (tertiary alicyclic amines) is 1. The second-order valence-electron chi connectivity index (χ2n) is 7.70. The van der Waals surface area contributed by atoms with Crippen molar-refractivity contribution < 1.29 is 14.3 Å². The number of carbonyl (C=O) groups excluding carboxylic acids is 2. The zero-order chi connectivity index (χ0) is 16.9. The maximum absolute atomic E-state index is 12.9. The molecule has 0 unspecified atom stereocenters. The molecule has 5 nitrogen and oxygen atoms in total. The molecule has 1 saturated carbocycles. The summed E-state index contributed by atoms with van der Waals surface area (Å²) < 4.78 is 5.43. The summed E-state index contributed by atoms with van der Waals surface area (Å²) in [5.41, 5.74) is 0. The summed E-state index contributed by atoms with van der Waals surface area (Å²) in [5, 5.41) is 0. The van der Waals surface area contributed by atoms with Gasteiger partial charge in [0, 0.05) is 44.6 Å². The van der Waals surface area contributed by atoms with Crippen LogP contribution in [0.4, 0.5) is 0 Å². The Labute approximate surface area is 145 Å². The lowest BCUT2D eigenvalue weighted by Gasteiger charge is -2.29. The molecule has 0 aromatic rings. The number of amides is 2. The molecule has 3 fully saturated rings. The Morgan fingerprint density at radius 2 is 1.96 bits per heavy atom. The lowest BCUT2D eigenvalue weighted by atomic mass is 10.0. The standard InChI is InChI=1S/C19H32N2O3/c1-2-20(12-15-9-10-24-14-15)19(23)16-11-18(22)21(13-16)17-7-5-3-4-6-8-17/h15-17H,2-14H2,1H3/t15-,16-/m0/s1. The first-order valence-corrected chi connectivity index (χ1v) is 9.85. The highest BCUT2D eigenvalue weighted by Gasteiger charge is 2.39. The van der Waals surface area contributed by atoms with Gasteiger partial charge in [-0.1, -0.05) is 25.7 Å². The van der Waals surface area contributed by atoms with Crippen LogP contribution in [0.2, 0.25) is 0 Å². The third kappa shape index (κ3) is 4.11. The molecule has 2 atom stereocenters. The molecule has 2 heterocycles. The van der Waals surface area contributed by atoms with E-state index >= 15 is 0 Å². The van der Waals surface area contributed by atoms with Gasteiger partial charge in [0.25, 0.3) is 0 Å². The predicted molar refractivity (Wildman–Crippen MR) is 92.5 cm³/mol. The van der Waals surface area contributed by atoms with Crippen molar-refractivity contribution in [2.24, 2.45) is 11.8 Å². The quantitative estimate of drug-likeness (QED) is 0.725. The van der Waals surface area contributed by atoms with Crippen molar-refractivity contribution in [1.29, 1.82) is 0 Å². The molecule has 136 valence electrons. The van der Waals surface area contributed by atoms with Gasteiger partial charge >= 0.3 is 0 Å². The van der Waals surface area contributed by atoms with Crippen molar-refractivity contribution in [2.75, 3.05) is 32.8 Å². The van der Waals surface area contributed by atoms with Crippen molar-refractivity contribution in [3.8, 4) is 0 Å². The van der Waals surface area contributed by atoms with Gasteiger partial charge in [0.2, 0.25) is 11.8 Å². The van der Waals surface area contributed by atoms with Crippen LogP contribution in [0, 0.1) is 11.8 Å². The molecule has 0 bridgehead atoms. The largest absolute Gasteiger partial charge is 0.381 e. The zero-order valence-corrected chi connectivity index (χ0v) is 15.0. The zero-order valence-electron chi connectivity index (χ0n) is 15.0. The van der Waals surface area contributed by atoms with Gasteiger partial charge in [-0.2, -0.15) is 0 Å². The fourth-order valence-corrected chi connectivity index (χ4v) is 4.49. The summed E-state index contributed by atoms with van der Waals surface area (Å²) in [7, 11) is 0. The molecular formula is C19H32N2O3. The maximum Gasteiger partial charge on any atom is 0.227 e. The molecule has 5 heteroatoms. The smallest absolute Gasteiger partial charge is 0.227 e. The Hall–Kier alpha value is -1.10. The number of ether oxygens (including phenoxy) is 1. The van der Waals surface area contributed by atoms with Gasteiger partial charge in [0.15, 0.2) is 0 Å². The Bertz CT molecular complexity index is 440. The molecule has 0 radical (unpaired) electrons. The van der Waals surface area contributed by atoms with Crippen LogP contribution < -0.4 is 0 Å². The molecule has 1 aliphatic carbocycles. The number of hydrogen-bond acceptors (Lipinski definition) is 3. The minimum absolute atomic E-state index is 0.136. The van der Waals surface area contributed by atoms with E-state index in [4.69, 9.17) is 4.74 Å². The summed E-state index contributed by atoms with van der Waals surface area (Å²) in [6.45, 7) is 5.76. The van der Waals surface area contributed by atoms with Crippen molar-refractivity contribution >= 4 is 11.8 Å². The molecule has 0 N–H and O–H groups in total. The Kier molecular flexibility index (Phi) is 6.14. The SMILES string of the molecule is CCN(C[C@@H]1CCOC1)C(=O)[C@H]1CC(=O)N(C2CCCCCC2)C1. The first-order chi connectivity index (χ1) is 11.7. The molecule has 0 spiro atoms. The topological polar surface area (TPSA) is 49.9 Å². The molecule has 24 heavy (non-hydrogen) atoms. The molecule has 2 amide bonds. The molecule has 0 aromatic heterocycles. The van der Waals surface area contributed by atoms with Crippen LogP contribution in [-0.2, 0) is 14.3 Å². The number of rotatable bonds is 5. The summed E-state index contributed by atoms with van der Waals surface area (Å²) >= 11 is 0. The summed E-state index contributed by atoms with van der Waals surface area (Å²) in [6, 6.07) is 0.371. The lowest BCUT2D eigenvalue weighted by molar-refractivity contribution is -0.136. The molecular weight excluding hydrogens is 304 g/mol. The van der Waals surface area contributed by atoms with E-state index < -0.39 is 0 Å². The van der Waals surface area contributed by atoms with Crippen molar-refractivity contribution in [1.82, 2.24) is 9.80 Å². The first-order valence-electron chi connectivity index (χ1n) is 9.85. The number of hydrogen-bond donors (Lipinski definition) is 0.